The molecule has 1 aromatic carbocycles. The molecule has 1 aliphatic heterocycles. The summed E-state index contributed by atoms with van der Waals surface area (Å²) in [6.07, 6.45) is 1.53. The summed E-state index contributed by atoms with van der Waals surface area (Å²) in [6, 6.07) is 3.09. The third-order valence-electron chi connectivity index (χ3n) is 4.34. The van der Waals surface area contributed by atoms with Crippen molar-refractivity contribution in [1.29, 1.82) is 0 Å². The van der Waals surface area contributed by atoms with Crippen LogP contribution in [0.5, 0.6) is 11.5 Å². The molecule has 1 heterocycles. The number of benzene rings is 1. The first kappa shape index (κ1) is 21.3. The van der Waals surface area contributed by atoms with Gasteiger partial charge >= 0.3 is 5.97 Å². The van der Waals surface area contributed by atoms with Crippen molar-refractivity contribution in [3.63, 3.8) is 0 Å². The fourth-order valence-corrected chi connectivity index (χ4v) is 3.28. The van der Waals surface area contributed by atoms with Crippen LogP contribution in [0, 0.1) is 0 Å². The average molecular weight is 400 g/mol. The Hall–Kier alpha value is -1.99. The van der Waals surface area contributed by atoms with E-state index in [0.717, 1.165) is 6.42 Å². The summed E-state index contributed by atoms with van der Waals surface area (Å²) in [5.74, 6) is -0.567. The zero-order chi connectivity index (χ0) is 19.9. The van der Waals surface area contributed by atoms with Gasteiger partial charge in [-0.25, -0.2) is 0 Å². The number of carboxylic acids is 1. The molecule has 1 aromatic rings. The number of hydrogen-bond donors (Lipinski definition) is 2. The highest BCUT2D eigenvalue weighted by Gasteiger charge is 2.37. The molecule has 0 aliphatic carbocycles. The first-order valence-electron chi connectivity index (χ1n) is 9.12. The number of hydrogen-bond acceptors (Lipinski definition) is 5. The van der Waals surface area contributed by atoms with E-state index < -0.39 is 17.4 Å². The van der Waals surface area contributed by atoms with Gasteiger partial charge in [0.25, 0.3) is 5.91 Å². The van der Waals surface area contributed by atoms with Crippen LogP contribution in [-0.2, 0) is 9.53 Å². The summed E-state index contributed by atoms with van der Waals surface area (Å²) in [5, 5.41) is 12.4. The van der Waals surface area contributed by atoms with Gasteiger partial charge in [-0.15, -0.1) is 0 Å². The number of rotatable bonds is 9. The van der Waals surface area contributed by atoms with Crippen molar-refractivity contribution in [3.05, 3.63) is 22.7 Å². The molecule has 1 amide bonds. The Bertz CT molecular complexity index is 672. The molecular formula is C19H26ClNO6. The minimum absolute atomic E-state index is 0.161. The number of carbonyl (C=O) groups is 2. The van der Waals surface area contributed by atoms with Crippen molar-refractivity contribution < 1.29 is 28.9 Å². The molecule has 0 bridgehead atoms. The normalized spacial score (nSPS) is 15.8. The molecule has 150 valence electrons. The predicted octanol–water partition coefficient (Wildman–Crippen LogP) is 3.28. The van der Waals surface area contributed by atoms with Gasteiger partial charge in [-0.2, -0.15) is 0 Å². The maximum absolute atomic E-state index is 12.8. The van der Waals surface area contributed by atoms with Gasteiger partial charge in [-0.3, -0.25) is 9.59 Å². The van der Waals surface area contributed by atoms with Crippen LogP contribution in [0.25, 0.3) is 0 Å². The zero-order valence-corrected chi connectivity index (χ0v) is 16.4. The van der Waals surface area contributed by atoms with E-state index in [1.807, 2.05) is 13.8 Å². The fourth-order valence-electron chi connectivity index (χ4n) is 3.02. The number of nitrogens with one attached hydrogen (secondary N) is 1. The lowest BCUT2D eigenvalue weighted by Crippen LogP contribution is -2.53. The topological polar surface area (TPSA) is 94.1 Å². The van der Waals surface area contributed by atoms with Gasteiger partial charge in [0, 0.05) is 18.8 Å². The van der Waals surface area contributed by atoms with Crippen LogP contribution in [0.15, 0.2) is 12.1 Å². The number of carboxylic acid groups (broad SMARTS) is 1. The van der Waals surface area contributed by atoms with E-state index in [2.05, 4.69) is 5.32 Å². The SMILES string of the molecule is CCCOc1c(Cl)cc(C(=O)NC2(CC(=O)O)CCOCC2)cc1OCC. The molecule has 0 saturated carbocycles. The predicted molar refractivity (Wildman–Crippen MR) is 101 cm³/mol. The van der Waals surface area contributed by atoms with Crippen LogP contribution in [-0.4, -0.2) is 48.9 Å². The lowest BCUT2D eigenvalue weighted by molar-refractivity contribution is -0.139. The number of amides is 1. The third kappa shape index (κ3) is 5.74. The largest absolute Gasteiger partial charge is 0.490 e. The van der Waals surface area contributed by atoms with Crippen LogP contribution in [0.3, 0.4) is 0 Å². The Kier molecular flexibility index (Phi) is 7.74. The van der Waals surface area contributed by atoms with Crippen molar-refractivity contribution in [2.24, 2.45) is 0 Å². The number of aliphatic carboxylic acids is 1. The first-order valence-corrected chi connectivity index (χ1v) is 9.49. The molecule has 1 aliphatic rings. The highest BCUT2D eigenvalue weighted by molar-refractivity contribution is 6.32. The smallest absolute Gasteiger partial charge is 0.305 e. The van der Waals surface area contributed by atoms with Crippen molar-refractivity contribution >= 4 is 23.5 Å². The van der Waals surface area contributed by atoms with Gasteiger partial charge in [0.1, 0.15) is 0 Å². The highest BCUT2D eigenvalue weighted by Crippen LogP contribution is 2.37. The second-order valence-corrected chi connectivity index (χ2v) is 6.89. The molecule has 0 radical (unpaired) electrons. The number of ether oxygens (including phenoxy) is 3. The summed E-state index contributed by atoms with van der Waals surface area (Å²) in [5.41, 5.74) is -0.542. The first-order chi connectivity index (χ1) is 12.9. The Morgan fingerprint density at radius 3 is 2.56 bits per heavy atom. The van der Waals surface area contributed by atoms with Crippen LogP contribution in [0.1, 0.15) is 49.9 Å². The van der Waals surface area contributed by atoms with Crippen molar-refractivity contribution in [2.45, 2.75) is 45.1 Å². The van der Waals surface area contributed by atoms with Gasteiger partial charge in [0.15, 0.2) is 11.5 Å². The highest BCUT2D eigenvalue weighted by atomic mass is 35.5. The molecule has 7 nitrogen and oxygen atoms in total. The van der Waals surface area contributed by atoms with E-state index in [-0.39, 0.29) is 11.4 Å². The molecule has 0 atom stereocenters. The van der Waals surface area contributed by atoms with Gasteiger partial charge in [-0.1, -0.05) is 18.5 Å². The van der Waals surface area contributed by atoms with Crippen LogP contribution in [0.2, 0.25) is 5.02 Å². The monoisotopic (exact) mass is 399 g/mol. The van der Waals surface area contributed by atoms with Crippen molar-refractivity contribution in [2.75, 3.05) is 26.4 Å². The standard InChI is InChI=1S/C19H26ClNO6/c1-3-7-27-17-14(20)10-13(11-15(17)26-4-2)18(24)21-19(12-16(22)23)5-8-25-9-6-19/h10-11H,3-9,12H2,1-2H3,(H,21,24)(H,22,23). The molecule has 27 heavy (non-hydrogen) atoms. The second-order valence-electron chi connectivity index (χ2n) is 6.48. The Labute approximate surface area is 163 Å². The molecule has 1 saturated heterocycles. The summed E-state index contributed by atoms with van der Waals surface area (Å²) in [6.45, 7) is 5.49. The van der Waals surface area contributed by atoms with Crippen LogP contribution in [0.4, 0.5) is 0 Å². The lowest BCUT2D eigenvalue weighted by atomic mass is 9.86. The van der Waals surface area contributed by atoms with E-state index >= 15 is 0 Å². The minimum atomic E-state index is -0.964. The zero-order valence-electron chi connectivity index (χ0n) is 15.7. The quantitative estimate of drug-likeness (QED) is 0.661. The molecule has 0 unspecified atom stereocenters. The van der Waals surface area contributed by atoms with Crippen molar-refractivity contribution in [1.82, 2.24) is 5.32 Å². The van der Waals surface area contributed by atoms with Crippen LogP contribution < -0.4 is 14.8 Å². The lowest BCUT2D eigenvalue weighted by Gasteiger charge is -2.36. The summed E-state index contributed by atoms with van der Waals surface area (Å²) < 4.78 is 16.5. The molecule has 0 spiro atoms. The third-order valence-corrected chi connectivity index (χ3v) is 4.62. The summed E-state index contributed by atoms with van der Waals surface area (Å²) in [4.78, 5) is 24.1. The van der Waals surface area contributed by atoms with E-state index in [0.29, 0.717) is 56.3 Å². The minimum Gasteiger partial charge on any atom is -0.490 e. The Balaban J connectivity index is 2.27. The van der Waals surface area contributed by atoms with Gasteiger partial charge in [0.2, 0.25) is 0 Å². The van der Waals surface area contributed by atoms with E-state index in [1.54, 1.807) is 6.07 Å². The Morgan fingerprint density at radius 1 is 1.26 bits per heavy atom. The van der Waals surface area contributed by atoms with E-state index in [4.69, 9.17) is 25.8 Å². The maximum atomic E-state index is 12.8. The van der Waals surface area contributed by atoms with Crippen LogP contribution >= 0.6 is 11.6 Å². The molecule has 8 heteroatoms. The maximum Gasteiger partial charge on any atom is 0.305 e. The van der Waals surface area contributed by atoms with Gasteiger partial charge in [0.05, 0.1) is 30.2 Å². The molecule has 0 aromatic heterocycles. The van der Waals surface area contributed by atoms with Gasteiger partial charge in [-0.05, 0) is 38.3 Å². The summed E-state index contributed by atoms with van der Waals surface area (Å²) in [7, 11) is 0. The van der Waals surface area contributed by atoms with E-state index in [1.165, 1.54) is 6.07 Å². The molecular weight excluding hydrogens is 374 g/mol. The van der Waals surface area contributed by atoms with E-state index in [9.17, 15) is 14.7 Å². The van der Waals surface area contributed by atoms with Crippen molar-refractivity contribution in [3.8, 4) is 11.5 Å². The molecule has 2 N–H and O–H groups in total. The summed E-state index contributed by atoms with van der Waals surface area (Å²) >= 11 is 6.31. The molecule has 2 rings (SSSR count). The Morgan fingerprint density at radius 2 is 1.96 bits per heavy atom. The number of halogens is 1. The average Bonchev–Trinajstić information content (AvgIpc) is 2.61. The number of carbonyl (C=O) groups excluding carboxylic acids is 1. The second kappa shape index (κ2) is 9.80. The van der Waals surface area contributed by atoms with Gasteiger partial charge < -0.3 is 24.6 Å². The fraction of sp³-hybridized carbons (Fsp3) is 0.579. The molecule has 1 fully saturated rings.